The molecule has 266 valence electrons. The first kappa shape index (κ1) is 37.5. The third-order valence-corrected chi connectivity index (χ3v) is 11.1. The second-order valence-corrected chi connectivity index (χ2v) is 15.7. The first-order chi connectivity index (χ1) is 23.5. The summed E-state index contributed by atoms with van der Waals surface area (Å²) in [6.45, 7) is 7.17. The number of nitrogens with zero attached hydrogens (tertiary/aromatic N) is 2. The number of rotatable bonds is 12. The summed E-state index contributed by atoms with van der Waals surface area (Å²) < 4.78 is 40.2. The van der Waals surface area contributed by atoms with Gasteiger partial charge in [-0.3, -0.25) is 9.35 Å². The lowest BCUT2D eigenvalue weighted by molar-refractivity contribution is -0.447. The molecule has 5 rings (SSSR count). The number of carboxylic acids is 2. The average molecular weight is 746 g/mol. The Bertz CT molecular complexity index is 2010. The van der Waals surface area contributed by atoms with Crippen molar-refractivity contribution < 1.29 is 51.6 Å². The predicted octanol–water partition coefficient (Wildman–Crippen LogP) is 6.84. The summed E-state index contributed by atoms with van der Waals surface area (Å²) in [7, 11) is -3.15. The summed E-state index contributed by atoms with van der Waals surface area (Å²) in [6.07, 6.45) is 9.69. The van der Waals surface area contributed by atoms with Gasteiger partial charge in [0.05, 0.1) is 29.5 Å². The molecule has 0 amide bonds. The van der Waals surface area contributed by atoms with Crippen LogP contribution in [0.3, 0.4) is 0 Å². The van der Waals surface area contributed by atoms with Crippen molar-refractivity contribution in [3.63, 3.8) is 0 Å². The zero-order valence-corrected chi connectivity index (χ0v) is 30.5. The van der Waals surface area contributed by atoms with Gasteiger partial charge in [0, 0.05) is 44.4 Å². The van der Waals surface area contributed by atoms with Crippen LogP contribution in [0.15, 0.2) is 92.4 Å². The maximum Gasteiger partial charge on any atom is 0.370 e. The van der Waals surface area contributed by atoms with E-state index in [2.05, 4.69) is 9.93 Å². The van der Waals surface area contributed by atoms with Crippen LogP contribution in [0.2, 0.25) is 0 Å². The maximum atomic E-state index is 12.0. The van der Waals surface area contributed by atoms with Crippen molar-refractivity contribution >= 4 is 62.8 Å². The number of allylic oxidation sites excluding steroid dienone is 8. The number of anilines is 1. The first-order valence-corrected chi connectivity index (χ1v) is 18.2. The summed E-state index contributed by atoms with van der Waals surface area (Å²) in [5.41, 5.74) is 4.52. The lowest BCUT2D eigenvalue weighted by atomic mass is 9.81. The highest BCUT2D eigenvalue weighted by Gasteiger charge is 2.45. The van der Waals surface area contributed by atoms with E-state index in [0.29, 0.717) is 34.8 Å². The minimum absolute atomic E-state index is 0.242. The largest absolute Gasteiger partial charge is 0.480 e. The van der Waals surface area contributed by atoms with E-state index < -0.39 is 32.9 Å². The third-order valence-electron chi connectivity index (χ3n) is 9.18. The van der Waals surface area contributed by atoms with Crippen LogP contribution in [0.5, 0.6) is 0 Å². The zero-order valence-electron chi connectivity index (χ0n) is 28.1. The molecule has 2 aliphatic heterocycles. The smallest absolute Gasteiger partial charge is 0.370 e. The van der Waals surface area contributed by atoms with E-state index in [-0.39, 0.29) is 18.0 Å². The van der Waals surface area contributed by atoms with Crippen LogP contribution >= 0.6 is 23.6 Å². The molecule has 0 fully saturated rings. The molecule has 0 aromatic heterocycles. The number of hydrogen-bond donors (Lipinski definition) is 3. The number of benzene rings is 2. The Kier molecular flexibility index (Phi) is 10.8. The van der Waals surface area contributed by atoms with E-state index in [1.165, 1.54) is 25.3 Å². The number of carbonyl (C=O) groups is 2. The molecule has 0 bridgehead atoms. The SMILES string of the molecule is COOOSc1ccc2c(c1)C(C)(C)C(/C=C/C1=C(Cl)C(=C/C=C3/N(CC(=O)O)c4ccc(S(=O)(=O)O)cc4C3(C)C)/CCC1)=[N+]2CC(=O)O. The Balaban J connectivity index is 1.50. The Labute approximate surface area is 299 Å². The molecule has 3 aliphatic rings. The molecule has 15 heteroatoms. The molecule has 0 atom stereocenters. The molecule has 12 nitrogen and oxygen atoms in total. The van der Waals surface area contributed by atoms with Crippen molar-refractivity contribution in [3.05, 3.63) is 93.7 Å². The average Bonchev–Trinajstić information content (AvgIpc) is 3.36. The molecule has 0 unspecified atom stereocenters. The number of carboxylic acid groups (broad SMARTS) is 2. The van der Waals surface area contributed by atoms with Crippen LogP contribution in [0.1, 0.15) is 58.1 Å². The first-order valence-electron chi connectivity index (χ1n) is 15.6. The summed E-state index contributed by atoms with van der Waals surface area (Å²) in [5, 5.41) is 24.6. The highest BCUT2D eigenvalue weighted by atomic mass is 35.5. The van der Waals surface area contributed by atoms with Gasteiger partial charge in [0.2, 0.25) is 12.2 Å². The number of halogens is 1. The van der Waals surface area contributed by atoms with Crippen LogP contribution in [-0.2, 0) is 44.8 Å². The summed E-state index contributed by atoms with van der Waals surface area (Å²) in [5.74, 6) is -2.05. The Morgan fingerprint density at radius 1 is 1.00 bits per heavy atom. The second kappa shape index (κ2) is 14.5. The van der Waals surface area contributed by atoms with Crippen LogP contribution in [0.4, 0.5) is 11.4 Å². The molecule has 1 aliphatic carbocycles. The van der Waals surface area contributed by atoms with Gasteiger partial charge in [0.25, 0.3) is 10.1 Å². The van der Waals surface area contributed by atoms with Gasteiger partial charge in [-0.2, -0.15) is 13.0 Å². The fraction of sp³-hybridized carbons (Fsp3) is 0.343. The number of fused-ring (bicyclic) bond motifs is 2. The molecular weight excluding hydrogens is 708 g/mol. The fourth-order valence-corrected chi connectivity index (χ4v) is 8.05. The Hall–Kier alpha value is -3.76. The molecule has 0 spiro atoms. The van der Waals surface area contributed by atoms with Crippen LogP contribution < -0.4 is 4.90 Å². The minimum atomic E-state index is -4.47. The van der Waals surface area contributed by atoms with Crippen LogP contribution in [0.25, 0.3) is 0 Å². The fourth-order valence-electron chi connectivity index (χ4n) is 6.78. The molecule has 0 saturated carbocycles. The Morgan fingerprint density at radius 2 is 1.74 bits per heavy atom. The Morgan fingerprint density at radius 3 is 2.40 bits per heavy atom. The lowest BCUT2D eigenvalue weighted by Gasteiger charge is -2.26. The summed E-state index contributed by atoms with van der Waals surface area (Å²) >= 11 is 7.97. The number of aliphatic carboxylic acids is 2. The molecule has 3 N–H and O–H groups in total. The topological polar surface area (TPSA) is 163 Å². The highest BCUT2D eigenvalue weighted by molar-refractivity contribution is 7.94. The van der Waals surface area contributed by atoms with Crippen LogP contribution in [0, 0.1) is 0 Å². The van der Waals surface area contributed by atoms with E-state index in [1.54, 1.807) is 15.5 Å². The highest BCUT2D eigenvalue weighted by Crippen LogP contribution is 2.49. The van der Waals surface area contributed by atoms with Crippen molar-refractivity contribution in [1.29, 1.82) is 0 Å². The molecule has 2 aromatic rings. The van der Waals surface area contributed by atoms with Crippen molar-refractivity contribution in [2.24, 2.45) is 0 Å². The second-order valence-electron chi connectivity index (χ2n) is 13.1. The molecule has 0 radical (unpaired) electrons. The lowest BCUT2D eigenvalue weighted by Crippen LogP contribution is -2.30. The predicted molar refractivity (Wildman–Crippen MR) is 188 cm³/mol. The van der Waals surface area contributed by atoms with Gasteiger partial charge in [-0.05, 0) is 86.2 Å². The molecule has 0 saturated heterocycles. The monoisotopic (exact) mass is 745 g/mol. The van der Waals surface area contributed by atoms with Crippen LogP contribution in [-0.4, -0.2) is 65.6 Å². The van der Waals surface area contributed by atoms with Crippen molar-refractivity contribution in [2.75, 3.05) is 25.1 Å². The van der Waals surface area contributed by atoms with E-state index in [1.807, 2.05) is 64.1 Å². The zero-order chi connectivity index (χ0) is 36.6. The number of hydrogen-bond acceptors (Lipinski definition) is 9. The van der Waals surface area contributed by atoms with Gasteiger partial charge < -0.3 is 15.1 Å². The quantitative estimate of drug-likeness (QED) is 0.0519. The van der Waals surface area contributed by atoms with Crippen molar-refractivity contribution in [3.8, 4) is 0 Å². The van der Waals surface area contributed by atoms with E-state index in [9.17, 15) is 32.8 Å². The normalized spacial score (nSPS) is 19.9. The van der Waals surface area contributed by atoms with Crippen molar-refractivity contribution in [2.45, 2.75) is 67.6 Å². The molecular formula is C35H38ClN2O10S2+. The minimum Gasteiger partial charge on any atom is -0.480 e. The molecule has 50 heavy (non-hydrogen) atoms. The molecule has 2 aromatic carbocycles. The van der Waals surface area contributed by atoms with Gasteiger partial charge >= 0.3 is 11.9 Å². The van der Waals surface area contributed by atoms with Gasteiger partial charge in [-0.15, -0.1) is 4.33 Å². The summed E-state index contributed by atoms with van der Waals surface area (Å²) in [4.78, 5) is 30.4. The van der Waals surface area contributed by atoms with E-state index >= 15 is 0 Å². The standard InChI is InChI=1S/C35H37ClN2O10S2/c1-34(2)25-17-23(49-48-47-46-5)11-13-27(25)37(19-31(39)40)29(34)15-9-21-7-6-8-22(33(21)36)10-16-30-35(3,4)26-18-24(50(43,44)45)12-14-28(26)38(30)20-32(41)42/h9-18H,6-8,19-20H2,1-5H3,(H2-,39,40,41,42,43,44,45)/p+1. The van der Waals surface area contributed by atoms with Gasteiger partial charge in [-0.1, -0.05) is 42.6 Å². The van der Waals surface area contributed by atoms with E-state index in [0.717, 1.165) is 51.5 Å². The van der Waals surface area contributed by atoms with E-state index in [4.69, 9.17) is 15.9 Å². The van der Waals surface area contributed by atoms with Gasteiger partial charge in [0.15, 0.2) is 5.71 Å². The van der Waals surface area contributed by atoms with Gasteiger partial charge in [0.1, 0.15) is 6.54 Å². The maximum absolute atomic E-state index is 12.0. The molecule has 2 heterocycles. The summed E-state index contributed by atoms with van der Waals surface area (Å²) in [6, 6.07) is 9.72. The van der Waals surface area contributed by atoms with Gasteiger partial charge in [-0.25, -0.2) is 9.68 Å². The third kappa shape index (κ3) is 7.47. The van der Waals surface area contributed by atoms with Crippen molar-refractivity contribution in [1.82, 2.24) is 0 Å².